The zero-order chi connectivity index (χ0) is 11.8. The Morgan fingerprint density at radius 2 is 2.06 bits per heavy atom. The first kappa shape index (κ1) is 10.5. The van der Waals surface area contributed by atoms with E-state index in [1.54, 1.807) is 0 Å². The molecule has 0 radical (unpaired) electrons. The molecule has 2 heterocycles. The highest BCUT2D eigenvalue weighted by Crippen LogP contribution is 2.29. The van der Waals surface area contributed by atoms with Crippen molar-refractivity contribution in [3.05, 3.63) is 42.0 Å². The Labute approximate surface area is 100 Å². The average molecular weight is 230 g/mol. The molecule has 1 aromatic carbocycles. The van der Waals surface area contributed by atoms with Gasteiger partial charge in [0, 0.05) is 17.8 Å². The Bertz CT molecular complexity index is 528. The number of halogens is 1. The van der Waals surface area contributed by atoms with Crippen LogP contribution in [0.1, 0.15) is 19.0 Å². The highest BCUT2D eigenvalue weighted by Gasteiger charge is 2.19. The maximum atomic E-state index is 12.9. The lowest BCUT2D eigenvalue weighted by Crippen LogP contribution is -2.18. The lowest BCUT2D eigenvalue weighted by atomic mass is 9.96. The van der Waals surface area contributed by atoms with Gasteiger partial charge in [-0.2, -0.15) is 5.10 Å². The first-order valence-corrected chi connectivity index (χ1v) is 6.04. The largest absolute Gasteiger partial charge is 0.269 e. The number of hydrogen-bond acceptors (Lipinski definition) is 1. The van der Waals surface area contributed by atoms with Crippen molar-refractivity contribution in [2.24, 2.45) is 5.92 Å². The minimum absolute atomic E-state index is 0.191. The molecule has 17 heavy (non-hydrogen) atoms. The third-order valence-electron chi connectivity index (χ3n) is 3.46. The Morgan fingerprint density at radius 1 is 1.29 bits per heavy atom. The number of nitrogens with zero attached hydrogens (tertiary/aromatic N) is 2. The standard InChI is InChI=1S/C14H15FN2/c1-10-2-7-14-13(8-16-17(14)9-10)11-3-5-12(15)6-4-11/h3-6,8,10H,2,7,9H2,1H3. The molecule has 3 heteroatoms. The maximum Gasteiger partial charge on any atom is 0.123 e. The summed E-state index contributed by atoms with van der Waals surface area (Å²) < 4.78 is 15.0. The number of rotatable bonds is 1. The molecule has 0 saturated carbocycles. The molecule has 88 valence electrons. The van der Waals surface area contributed by atoms with Crippen LogP contribution >= 0.6 is 0 Å². The highest BCUT2D eigenvalue weighted by molar-refractivity contribution is 5.65. The topological polar surface area (TPSA) is 17.8 Å². The Hall–Kier alpha value is -1.64. The smallest absolute Gasteiger partial charge is 0.123 e. The lowest BCUT2D eigenvalue weighted by Gasteiger charge is -2.20. The van der Waals surface area contributed by atoms with E-state index in [1.807, 2.05) is 18.3 Å². The van der Waals surface area contributed by atoms with Gasteiger partial charge in [0.2, 0.25) is 0 Å². The SMILES string of the molecule is CC1CCc2c(-c3ccc(F)cc3)cnn2C1. The van der Waals surface area contributed by atoms with E-state index in [0.717, 1.165) is 24.1 Å². The van der Waals surface area contributed by atoms with E-state index in [1.165, 1.54) is 24.2 Å². The van der Waals surface area contributed by atoms with Gasteiger partial charge in [-0.15, -0.1) is 0 Å². The molecular formula is C14H15FN2. The van der Waals surface area contributed by atoms with Crippen molar-refractivity contribution in [1.29, 1.82) is 0 Å². The second-order valence-electron chi connectivity index (χ2n) is 4.84. The lowest BCUT2D eigenvalue weighted by molar-refractivity contribution is 0.372. The molecule has 0 saturated heterocycles. The van der Waals surface area contributed by atoms with Gasteiger partial charge in [0.25, 0.3) is 0 Å². The molecule has 1 unspecified atom stereocenters. The molecule has 1 aliphatic heterocycles. The van der Waals surface area contributed by atoms with Crippen LogP contribution in [0.4, 0.5) is 4.39 Å². The molecule has 2 nitrogen and oxygen atoms in total. The molecule has 0 spiro atoms. The molecule has 2 aromatic rings. The fourth-order valence-corrected chi connectivity index (χ4v) is 2.47. The van der Waals surface area contributed by atoms with E-state index in [0.29, 0.717) is 5.92 Å². The molecule has 0 fully saturated rings. The quantitative estimate of drug-likeness (QED) is 0.735. The van der Waals surface area contributed by atoms with Crippen LogP contribution in [0.15, 0.2) is 30.5 Å². The average Bonchev–Trinajstić information content (AvgIpc) is 2.73. The van der Waals surface area contributed by atoms with Crippen molar-refractivity contribution in [3.8, 4) is 11.1 Å². The summed E-state index contributed by atoms with van der Waals surface area (Å²) in [5.41, 5.74) is 3.49. The van der Waals surface area contributed by atoms with Crippen LogP contribution in [0.5, 0.6) is 0 Å². The monoisotopic (exact) mass is 230 g/mol. The highest BCUT2D eigenvalue weighted by atomic mass is 19.1. The van der Waals surface area contributed by atoms with Crippen molar-refractivity contribution in [2.75, 3.05) is 0 Å². The van der Waals surface area contributed by atoms with Crippen LogP contribution in [-0.4, -0.2) is 9.78 Å². The first-order valence-electron chi connectivity index (χ1n) is 6.04. The number of benzene rings is 1. The van der Waals surface area contributed by atoms with Gasteiger partial charge in [-0.25, -0.2) is 4.39 Å². The van der Waals surface area contributed by atoms with Gasteiger partial charge in [-0.3, -0.25) is 4.68 Å². The molecule has 1 aromatic heterocycles. The summed E-state index contributed by atoms with van der Waals surface area (Å²) >= 11 is 0. The number of aromatic nitrogens is 2. The number of fused-ring (bicyclic) bond motifs is 1. The van der Waals surface area contributed by atoms with Crippen LogP contribution in [0, 0.1) is 11.7 Å². The molecule has 3 rings (SSSR count). The zero-order valence-electron chi connectivity index (χ0n) is 9.86. The van der Waals surface area contributed by atoms with Gasteiger partial charge in [0.15, 0.2) is 0 Å². The van der Waals surface area contributed by atoms with Gasteiger partial charge in [0.1, 0.15) is 5.82 Å². The van der Waals surface area contributed by atoms with Crippen LogP contribution in [0.25, 0.3) is 11.1 Å². The number of hydrogen-bond donors (Lipinski definition) is 0. The van der Waals surface area contributed by atoms with E-state index in [9.17, 15) is 4.39 Å². The van der Waals surface area contributed by atoms with Crippen LogP contribution in [0.3, 0.4) is 0 Å². The minimum atomic E-state index is -0.191. The molecule has 0 bridgehead atoms. The Balaban J connectivity index is 2.02. The summed E-state index contributed by atoms with van der Waals surface area (Å²) in [7, 11) is 0. The normalized spacial score (nSPS) is 19.1. The van der Waals surface area contributed by atoms with Crippen LogP contribution in [0.2, 0.25) is 0 Å². The Kier molecular flexibility index (Phi) is 2.46. The molecule has 0 amide bonds. The summed E-state index contributed by atoms with van der Waals surface area (Å²) in [5.74, 6) is 0.506. The fraction of sp³-hybridized carbons (Fsp3) is 0.357. The summed E-state index contributed by atoms with van der Waals surface area (Å²) in [6, 6.07) is 6.66. The zero-order valence-corrected chi connectivity index (χ0v) is 9.86. The van der Waals surface area contributed by atoms with Crippen molar-refractivity contribution < 1.29 is 4.39 Å². The molecular weight excluding hydrogens is 215 g/mol. The Morgan fingerprint density at radius 3 is 2.82 bits per heavy atom. The molecule has 1 atom stereocenters. The maximum absolute atomic E-state index is 12.9. The minimum Gasteiger partial charge on any atom is -0.269 e. The van der Waals surface area contributed by atoms with Gasteiger partial charge >= 0.3 is 0 Å². The summed E-state index contributed by atoms with van der Waals surface area (Å²) in [4.78, 5) is 0. The summed E-state index contributed by atoms with van der Waals surface area (Å²) in [5, 5.41) is 4.43. The van der Waals surface area contributed by atoms with Gasteiger partial charge < -0.3 is 0 Å². The van der Waals surface area contributed by atoms with E-state index in [4.69, 9.17) is 0 Å². The predicted octanol–water partition coefficient (Wildman–Crippen LogP) is 3.27. The van der Waals surface area contributed by atoms with Crippen molar-refractivity contribution >= 4 is 0 Å². The van der Waals surface area contributed by atoms with E-state index in [-0.39, 0.29) is 5.82 Å². The second-order valence-corrected chi connectivity index (χ2v) is 4.84. The molecule has 0 aliphatic carbocycles. The van der Waals surface area contributed by atoms with Crippen molar-refractivity contribution in [2.45, 2.75) is 26.3 Å². The van der Waals surface area contributed by atoms with Gasteiger partial charge in [0.05, 0.1) is 6.20 Å². The fourth-order valence-electron chi connectivity index (χ4n) is 2.47. The van der Waals surface area contributed by atoms with E-state index >= 15 is 0 Å². The third kappa shape index (κ3) is 1.86. The van der Waals surface area contributed by atoms with Crippen molar-refractivity contribution in [1.82, 2.24) is 9.78 Å². The van der Waals surface area contributed by atoms with Crippen molar-refractivity contribution in [3.63, 3.8) is 0 Å². The van der Waals surface area contributed by atoms with E-state index < -0.39 is 0 Å². The van der Waals surface area contributed by atoms with Gasteiger partial charge in [-0.05, 0) is 36.5 Å². The van der Waals surface area contributed by atoms with Crippen LogP contribution in [-0.2, 0) is 13.0 Å². The van der Waals surface area contributed by atoms with Gasteiger partial charge in [-0.1, -0.05) is 19.1 Å². The predicted molar refractivity (Wildman–Crippen MR) is 65.1 cm³/mol. The van der Waals surface area contributed by atoms with E-state index in [2.05, 4.69) is 16.7 Å². The van der Waals surface area contributed by atoms with Crippen LogP contribution < -0.4 is 0 Å². The molecule has 0 N–H and O–H groups in total. The molecule has 1 aliphatic rings. The third-order valence-corrected chi connectivity index (χ3v) is 3.46. The summed E-state index contributed by atoms with van der Waals surface area (Å²) in [6.07, 6.45) is 4.17. The first-order chi connectivity index (χ1) is 8.24. The second kappa shape index (κ2) is 3.99. The summed E-state index contributed by atoms with van der Waals surface area (Å²) in [6.45, 7) is 3.25.